The molecule has 0 bridgehead atoms. The van der Waals surface area contributed by atoms with Gasteiger partial charge in [0.1, 0.15) is 0 Å². The molecule has 0 atom stereocenters. The summed E-state index contributed by atoms with van der Waals surface area (Å²) >= 11 is 3.46. The van der Waals surface area contributed by atoms with Crippen LogP contribution in [0.5, 0.6) is 0 Å². The average molecular weight is 351 g/mol. The van der Waals surface area contributed by atoms with Crippen molar-refractivity contribution in [2.45, 2.75) is 39.5 Å². The summed E-state index contributed by atoms with van der Waals surface area (Å²) in [6.45, 7) is 4.82. The quantitative estimate of drug-likeness (QED) is 0.845. The second-order valence-corrected chi connectivity index (χ2v) is 5.09. The van der Waals surface area contributed by atoms with Gasteiger partial charge in [0.25, 0.3) is 0 Å². The fraction of sp³-hybridized carbons (Fsp3) is 0.500. The molecule has 0 fully saturated rings. The molecule has 4 nitrogen and oxygen atoms in total. The van der Waals surface area contributed by atoms with Gasteiger partial charge in [-0.1, -0.05) is 6.92 Å². The van der Waals surface area contributed by atoms with Crippen molar-refractivity contribution < 1.29 is 13.2 Å². The van der Waals surface area contributed by atoms with Gasteiger partial charge in [-0.3, -0.25) is 9.36 Å². The number of halogens is 4. The van der Waals surface area contributed by atoms with E-state index in [1.165, 1.54) is 4.68 Å². The monoisotopic (exact) mass is 350 g/mol. The van der Waals surface area contributed by atoms with E-state index in [1.807, 2.05) is 13.8 Å². The molecule has 110 valence electrons. The molecule has 0 unspecified atom stereocenters. The molecular weight excluding hydrogens is 337 g/mol. The molecule has 0 saturated heterocycles. The van der Waals surface area contributed by atoms with E-state index in [1.54, 1.807) is 4.68 Å². The van der Waals surface area contributed by atoms with Crippen LogP contribution in [0, 0.1) is 0 Å². The minimum atomic E-state index is -4.37. The zero-order chi connectivity index (χ0) is 14.9. The molecule has 0 aliphatic rings. The van der Waals surface area contributed by atoms with Crippen LogP contribution in [0.1, 0.15) is 30.8 Å². The van der Waals surface area contributed by atoms with Gasteiger partial charge < -0.3 is 0 Å². The van der Waals surface area contributed by atoms with Crippen LogP contribution < -0.4 is 0 Å². The van der Waals surface area contributed by atoms with Crippen LogP contribution in [0.2, 0.25) is 0 Å². The van der Waals surface area contributed by atoms with Gasteiger partial charge in [-0.2, -0.15) is 23.4 Å². The first-order chi connectivity index (χ1) is 9.36. The van der Waals surface area contributed by atoms with Crippen molar-refractivity contribution in [2.24, 2.45) is 0 Å². The highest BCUT2D eigenvalue weighted by atomic mass is 79.9. The predicted octanol–water partition coefficient (Wildman–Crippen LogP) is 3.49. The third kappa shape index (κ3) is 2.89. The van der Waals surface area contributed by atoms with Crippen molar-refractivity contribution in [3.63, 3.8) is 0 Å². The summed E-state index contributed by atoms with van der Waals surface area (Å²) in [7, 11) is 0. The SMILES string of the molecule is CCc1nn(CC)c(Cn2cc(C(F)(F)F)cn2)c1Br. The van der Waals surface area contributed by atoms with Crippen molar-refractivity contribution in [3.05, 3.63) is 33.8 Å². The molecule has 8 heteroatoms. The molecule has 2 rings (SSSR count). The first-order valence-corrected chi connectivity index (χ1v) is 6.99. The second kappa shape index (κ2) is 5.59. The number of aromatic nitrogens is 4. The van der Waals surface area contributed by atoms with Gasteiger partial charge >= 0.3 is 6.18 Å². The Kier molecular flexibility index (Phi) is 4.22. The highest BCUT2D eigenvalue weighted by Crippen LogP contribution is 2.29. The van der Waals surface area contributed by atoms with E-state index in [2.05, 4.69) is 26.1 Å². The van der Waals surface area contributed by atoms with Crippen LogP contribution in [0.25, 0.3) is 0 Å². The summed E-state index contributed by atoms with van der Waals surface area (Å²) in [6, 6.07) is 0. The zero-order valence-corrected chi connectivity index (χ0v) is 12.7. The smallest absolute Gasteiger partial charge is 0.267 e. The topological polar surface area (TPSA) is 35.6 Å². The molecule has 20 heavy (non-hydrogen) atoms. The summed E-state index contributed by atoms with van der Waals surface area (Å²) in [4.78, 5) is 0. The Hall–Kier alpha value is -1.31. The van der Waals surface area contributed by atoms with Crippen LogP contribution >= 0.6 is 15.9 Å². The van der Waals surface area contributed by atoms with Gasteiger partial charge in [0.15, 0.2) is 0 Å². The van der Waals surface area contributed by atoms with Crippen molar-refractivity contribution in [2.75, 3.05) is 0 Å². The van der Waals surface area contributed by atoms with Gasteiger partial charge in [-0.15, -0.1) is 0 Å². The van der Waals surface area contributed by atoms with E-state index in [-0.39, 0.29) is 6.54 Å². The maximum absolute atomic E-state index is 12.5. The molecule has 0 aliphatic heterocycles. The van der Waals surface area contributed by atoms with Crippen molar-refractivity contribution >= 4 is 15.9 Å². The minimum absolute atomic E-state index is 0.248. The van der Waals surface area contributed by atoms with Gasteiger partial charge in [0, 0.05) is 12.7 Å². The van der Waals surface area contributed by atoms with E-state index < -0.39 is 11.7 Å². The highest BCUT2D eigenvalue weighted by molar-refractivity contribution is 9.10. The van der Waals surface area contributed by atoms with Crippen LogP contribution in [0.15, 0.2) is 16.9 Å². The fourth-order valence-corrected chi connectivity index (χ4v) is 2.61. The van der Waals surface area contributed by atoms with Crippen LogP contribution in [0.3, 0.4) is 0 Å². The number of rotatable bonds is 4. The molecule has 0 saturated carbocycles. The maximum atomic E-state index is 12.5. The molecule has 0 aromatic carbocycles. The Balaban J connectivity index is 2.30. The third-order valence-electron chi connectivity index (χ3n) is 2.97. The van der Waals surface area contributed by atoms with Crippen molar-refractivity contribution in [3.8, 4) is 0 Å². The first kappa shape index (κ1) is 15.1. The van der Waals surface area contributed by atoms with E-state index in [4.69, 9.17) is 0 Å². The second-order valence-electron chi connectivity index (χ2n) is 4.30. The summed E-state index contributed by atoms with van der Waals surface area (Å²) in [5, 5.41) is 8.17. The Morgan fingerprint density at radius 2 is 2.00 bits per heavy atom. The molecular formula is C12H14BrF3N4. The largest absolute Gasteiger partial charge is 0.419 e. The zero-order valence-electron chi connectivity index (χ0n) is 11.1. The molecule has 0 aliphatic carbocycles. The lowest BCUT2D eigenvalue weighted by Crippen LogP contribution is -2.09. The highest BCUT2D eigenvalue weighted by Gasteiger charge is 2.32. The molecule has 0 spiro atoms. The van der Waals surface area contributed by atoms with Gasteiger partial charge in [-0.25, -0.2) is 0 Å². The maximum Gasteiger partial charge on any atom is 0.419 e. The third-order valence-corrected chi connectivity index (χ3v) is 3.88. The van der Waals surface area contributed by atoms with E-state index in [0.717, 1.165) is 34.7 Å². The Morgan fingerprint density at radius 1 is 1.30 bits per heavy atom. The normalized spacial score (nSPS) is 12.1. The summed E-state index contributed by atoms with van der Waals surface area (Å²) < 4.78 is 41.5. The Morgan fingerprint density at radius 3 is 2.50 bits per heavy atom. The minimum Gasteiger partial charge on any atom is -0.267 e. The van der Waals surface area contributed by atoms with E-state index in [0.29, 0.717) is 6.54 Å². The molecule has 2 aromatic rings. The van der Waals surface area contributed by atoms with Crippen molar-refractivity contribution in [1.29, 1.82) is 0 Å². The molecule has 0 N–H and O–H groups in total. The lowest BCUT2D eigenvalue weighted by Gasteiger charge is -2.06. The van der Waals surface area contributed by atoms with Crippen molar-refractivity contribution in [1.82, 2.24) is 19.6 Å². The Bertz CT molecular complexity index is 600. The molecule has 2 heterocycles. The van der Waals surface area contributed by atoms with Crippen LogP contribution in [-0.2, 0) is 25.7 Å². The fourth-order valence-electron chi connectivity index (χ4n) is 1.92. The average Bonchev–Trinajstić information content (AvgIpc) is 2.96. The standard InChI is InChI=1S/C12H14BrF3N4/c1-3-9-11(13)10(20(4-2)18-9)7-19-6-8(5-17-19)12(14,15)16/h5-6H,3-4,7H2,1-2H3. The van der Waals surface area contributed by atoms with Crippen LogP contribution in [-0.4, -0.2) is 19.6 Å². The van der Waals surface area contributed by atoms with Crippen LogP contribution in [0.4, 0.5) is 13.2 Å². The van der Waals surface area contributed by atoms with E-state index >= 15 is 0 Å². The summed E-state index contributed by atoms with van der Waals surface area (Å²) in [5.41, 5.74) is 0.970. The number of nitrogens with zero attached hydrogens (tertiary/aromatic N) is 4. The summed E-state index contributed by atoms with van der Waals surface area (Å²) in [6.07, 6.45) is -1.77. The molecule has 0 radical (unpaired) electrons. The number of hydrogen-bond acceptors (Lipinski definition) is 2. The number of hydrogen-bond donors (Lipinski definition) is 0. The number of alkyl halides is 3. The van der Waals surface area contributed by atoms with Gasteiger partial charge in [0.05, 0.1) is 34.2 Å². The number of aryl methyl sites for hydroxylation is 2. The predicted molar refractivity (Wildman–Crippen MR) is 71.3 cm³/mol. The summed E-state index contributed by atoms with van der Waals surface area (Å²) in [5.74, 6) is 0. The first-order valence-electron chi connectivity index (χ1n) is 6.20. The van der Waals surface area contributed by atoms with E-state index in [9.17, 15) is 13.2 Å². The molecule has 0 amide bonds. The lowest BCUT2D eigenvalue weighted by atomic mass is 10.3. The lowest BCUT2D eigenvalue weighted by molar-refractivity contribution is -0.137. The van der Waals surface area contributed by atoms with Gasteiger partial charge in [0.2, 0.25) is 0 Å². The van der Waals surface area contributed by atoms with Gasteiger partial charge in [-0.05, 0) is 29.3 Å². The Labute approximate surface area is 122 Å². The molecule has 2 aromatic heterocycles.